The minimum atomic E-state index is 0.376. The molecule has 0 fully saturated rings. The minimum absolute atomic E-state index is 0.376. The van der Waals surface area contributed by atoms with E-state index < -0.39 is 0 Å². The van der Waals surface area contributed by atoms with E-state index in [1.54, 1.807) is 22.7 Å². The Labute approximate surface area is 117 Å². The summed E-state index contributed by atoms with van der Waals surface area (Å²) in [6.45, 7) is 2.05. The molecule has 2 heterocycles. The van der Waals surface area contributed by atoms with E-state index >= 15 is 0 Å². The first-order valence-electron chi connectivity index (χ1n) is 5.01. The summed E-state index contributed by atoms with van der Waals surface area (Å²) >= 11 is 5.87. The molecule has 86 valence electrons. The average Bonchev–Trinajstić information content (AvgIpc) is 2.84. The maximum absolute atomic E-state index is 4.51. The molecule has 1 atom stereocenters. The topological polar surface area (TPSA) is 24.9 Å². The predicted octanol–water partition coefficient (Wildman–Crippen LogP) is 3.62. The van der Waals surface area contributed by atoms with Crippen LogP contribution in [0.5, 0.6) is 0 Å². The quantitative estimate of drug-likeness (QED) is 0.839. The number of thiophene rings is 1. The first-order valence-corrected chi connectivity index (χ1v) is 7.85. The van der Waals surface area contributed by atoms with E-state index in [2.05, 4.69) is 56.6 Å². The third-order valence-corrected chi connectivity index (χ3v) is 5.05. The molecule has 2 nitrogen and oxygen atoms in total. The Morgan fingerprint density at radius 2 is 2.25 bits per heavy atom. The zero-order valence-corrected chi connectivity index (χ0v) is 12.9. The lowest BCUT2D eigenvalue weighted by Crippen LogP contribution is -2.18. The number of aryl methyl sites for hydroxylation is 1. The summed E-state index contributed by atoms with van der Waals surface area (Å²) in [5.41, 5.74) is 2.55. The van der Waals surface area contributed by atoms with Gasteiger partial charge in [-0.05, 0) is 53.6 Å². The largest absolute Gasteiger partial charge is 0.313 e. The smallest absolute Gasteiger partial charge is 0.0897 e. The van der Waals surface area contributed by atoms with Crippen LogP contribution in [0.25, 0.3) is 0 Å². The molecule has 2 rings (SSSR count). The van der Waals surface area contributed by atoms with Crippen molar-refractivity contribution in [2.45, 2.75) is 19.4 Å². The van der Waals surface area contributed by atoms with Crippen molar-refractivity contribution < 1.29 is 0 Å². The Kier molecular flexibility index (Phi) is 4.34. The summed E-state index contributed by atoms with van der Waals surface area (Å²) in [6, 6.07) is 2.62. The molecule has 1 unspecified atom stereocenters. The minimum Gasteiger partial charge on any atom is -0.313 e. The Bertz CT molecular complexity index is 464. The van der Waals surface area contributed by atoms with Crippen LogP contribution in [0.3, 0.4) is 0 Å². The van der Waals surface area contributed by atoms with Gasteiger partial charge in [0.2, 0.25) is 0 Å². The van der Waals surface area contributed by atoms with Crippen molar-refractivity contribution in [2.75, 3.05) is 7.05 Å². The van der Waals surface area contributed by atoms with Crippen molar-refractivity contribution in [3.8, 4) is 0 Å². The van der Waals surface area contributed by atoms with E-state index in [-0.39, 0.29) is 0 Å². The van der Waals surface area contributed by atoms with Gasteiger partial charge < -0.3 is 5.32 Å². The van der Waals surface area contributed by atoms with Gasteiger partial charge in [-0.1, -0.05) is 0 Å². The third kappa shape index (κ3) is 3.03. The Morgan fingerprint density at radius 1 is 1.44 bits per heavy atom. The van der Waals surface area contributed by atoms with Crippen LogP contribution in [0.4, 0.5) is 0 Å². The molecular weight excluding hydrogens is 351 g/mol. The molecular formula is C11H13IN2S2. The highest BCUT2D eigenvalue weighted by atomic mass is 127. The number of hydrogen-bond acceptors (Lipinski definition) is 4. The molecule has 0 saturated heterocycles. The SMILES string of the molecule is CNC(Cc1csc(C)n1)c1csc(I)c1. The van der Waals surface area contributed by atoms with Crippen molar-refractivity contribution in [1.82, 2.24) is 10.3 Å². The maximum atomic E-state index is 4.51. The van der Waals surface area contributed by atoms with Crippen molar-refractivity contribution in [3.63, 3.8) is 0 Å². The van der Waals surface area contributed by atoms with Gasteiger partial charge >= 0.3 is 0 Å². The summed E-state index contributed by atoms with van der Waals surface area (Å²) in [5.74, 6) is 0. The second-order valence-corrected chi connectivity index (χ2v) is 7.46. The normalized spacial score (nSPS) is 12.9. The summed E-state index contributed by atoms with van der Waals surface area (Å²) in [5, 5.41) is 8.87. The van der Waals surface area contributed by atoms with Crippen LogP contribution < -0.4 is 5.32 Å². The van der Waals surface area contributed by atoms with E-state index in [9.17, 15) is 0 Å². The first-order chi connectivity index (χ1) is 7.69. The standard InChI is InChI=1S/C11H13IN2S2/c1-7-14-9(6-15-7)4-10(13-2)8-3-11(12)16-5-8/h3,5-6,10,13H,4H2,1-2H3. The number of hydrogen-bond donors (Lipinski definition) is 1. The highest BCUT2D eigenvalue weighted by Crippen LogP contribution is 2.25. The zero-order chi connectivity index (χ0) is 11.5. The number of likely N-dealkylation sites (N-methyl/N-ethyl adjacent to an activating group) is 1. The Morgan fingerprint density at radius 3 is 2.75 bits per heavy atom. The van der Waals surface area contributed by atoms with E-state index in [1.165, 1.54) is 14.1 Å². The van der Waals surface area contributed by atoms with E-state index in [0.29, 0.717) is 6.04 Å². The molecule has 0 aliphatic carbocycles. The van der Waals surface area contributed by atoms with Crippen molar-refractivity contribution in [1.29, 1.82) is 0 Å². The fraction of sp³-hybridized carbons (Fsp3) is 0.364. The van der Waals surface area contributed by atoms with E-state index in [1.807, 2.05) is 7.05 Å². The van der Waals surface area contributed by atoms with Gasteiger partial charge in [0.05, 0.1) is 13.6 Å². The molecule has 0 radical (unpaired) electrons. The molecule has 0 amide bonds. The highest BCUT2D eigenvalue weighted by molar-refractivity contribution is 14.1. The van der Waals surface area contributed by atoms with Crippen LogP contribution in [-0.2, 0) is 6.42 Å². The summed E-state index contributed by atoms with van der Waals surface area (Å²) < 4.78 is 1.34. The zero-order valence-electron chi connectivity index (χ0n) is 9.16. The third-order valence-electron chi connectivity index (χ3n) is 2.42. The molecule has 0 aliphatic heterocycles. The summed E-state index contributed by atoms with van der Waals surface area (Å²) in [4.78, 5) is 4.51. The molecule has 16 heavy (non-hydrogen) atoms. The first kappa shape index (κ1) is 12.5. The number of thiazole rings is 1. The molecule has 0 aromatic carbocycles. The van der Waals surface area contributed by atoms with Gasteiger partial charge in [-0.2, -0.15) is 0 Å². The Balaban J connectivity index is 2.12. The van der Waals surface area contributed by atoms with Crippen LogP contribution in [0, 0.1) is 9.81 Å². The maximum Gasteiger partial charge on any atom is 0.0897 e. The monoisotopic (exact) mass is 364 g/mol. The van der Waals surface area contributed by atoms with E-state index in [4.69, 9.17) is 0 Å². The number of rotatable bonds is 4. The second-order valence-electron chi connectivity index (χ2n) is 3.59. The lowest BCUT2D eigenvalue weighted by molar-refractivity contribution is 0.587. The highest BCUT2D eigenvalue weighted by Gasteiger charge is 2.13. The van der Waals surface area contributed by atoms with Crippen LogP contribution in [0.2, 0.25) is 0 Å². The van der Waals surface area contributed by atoms with Gasteiger partial charge in [0, 0.05) is 17.8 Å². The number of nitrogens with one attached hydrogen (secondary N) is 1. The fourth-order valence-electron chi connectivity index (χ4n) is 1.60. The predicted molar refractivity (Wildman–Crippen MR) is 79.4 cm³/mol. The Hall–Kier alpha value is 0.0200. The molecule has 2 aromatic rings. The van der Waals surface area contributed by atoms with Gasteiger partial charge in [0.25, 0.3) is 0 Å². The second kappa shape index (κ2) is 5.57. The van der Waals surface area contributed by atoms with Crippen molar-refractivity contribution in [2.24, 2.45) is 0 Å². The van der Waals surface area contributed by atoms with Crippen LogP contribution in [0.15, 0.2) is 16.8 Å². The molecule has 0 saturated carbocycles. The van der Waals surface area contributed by atoms with Gasteiger partial charge in [0.15, 0.2) is 0 Å². The lowest BCUT2D eigenvalue weighted by atomic mass is 10.1. The van der Waals surface area contributed by atoms with Gasteiger partial charge in [0.1, 0.15) is 0 Å². The summed E-state index contributed by atoms with van der Waals surface area (Å²) in [6.07, 6.45) is 0.966. The molecule has 0 spiro atoms. The average molecular weight is 364 g/mol. The van der Waals surface area contributed by atoms with Crippen LogP contribution in [0.1, 0.15) is 22.3 Å². The van der Waals surface area contributed by atoms with Gasteiger partial charge in [-0.3, -0.25) is 0 Å². The molecule has 0 aliphatic rings. The van der Waals surface area contributed by atoms with Crippen LogP contribution >= 0.6 is 45.3 Å². The number of aromatic nitrogens is 1. The van der Waals surface area contributed by atoms with Crippen LogP contribution in [-0.4, -0.2) is 12.0 Å². The van der Waals surface area contributed by atoms with E-state index in [0.717, 1.165) is 11.4 Å². The fourth-order valence-corrected chi connectivity index (χ4v) is 3.66. The molecule has 5 heteroatoms. The van der Waals surface area contributed by atoms with Crippen molar-refractivity contribution >= 4 is 45.3 Å². The van der Waals surface area contributed by atoms with Gasteiger partial charge in [-0.15, -0.1) is 22.7 Å². The lowest BCUT2D eigenvalue weighted by Gasteiger charge is -2.13. The molecule has 2 aromatic heterocycles. The molecule has 1 N–H and O–H groups in total. The summed E-state index contributed by atoms with van der Waals surface area (Å²) in [7, 11) is 2.01. The number of nitrogens with zero attached hydrogens (tertiary/aromatic N) is 1. The molecule has 0 bridgehead atoms. The number of halogens is 1. The van der Waals surface area contributed by atoms with Gasteiger partial charge in [-0.25, -0.2) is 4.98 Å². The van der Waals surface area contributed by atoms with Crippen molar-refractivity contribution in [3.05, 3.63) is 36.0 Å².